The zero-order valence-corrected chi connectivity index (χ0v) is 47.5. The van der Waals surface area contributed by atoms with Crippen LogP contribution in [-0.2, 0) is 36.2 Å². The third-order valence-electron chi connectivity index (χ3n) is 15.6. The number of benzene rings is 3. The van der Waals surface area contributed by atoms with E-state index in [-0.39, 0.29) is 59.2 Å². The number of aryl methyl sites for hydroxylation is 1. The second-order valence-corrected chi connectivity index (χ2v) is 39.0. The van der Waals surface area contributed by atoms with Crippen LogP contribution in [0.4, 0.5) is 10.2 Å². The molecule has 2 saturated heterocycles. The summed E-state index contributed by atoms with van der Waals surface area (Å²) >= 11 is 6.98. The van der Waals surface area contributed by atoms with E-state index in [0.717, 1.165) is 37.3 Å². The summed E-state index contributed by atoms with van der Waals surface area (Å²) in [5.74, 6) is 0.715. The zero-order valence-electron chi connectivity index (χ0n) is 43.8. The first kappa shape index (κ1) is 52.2. The van der Waals surface area contributed by atoms with Gasteiger partial charge in [-0.05, 0) is 95.8 Å². The fourth-order valence-corrected chi connectivity index (χ4v) is 17.7. The molecule has 1 saturated carbocycles. The van der Waals surface area contributed by atoms with Gasteiger partial charge >= 0.3 is 6.01 Å². The van der Waals surface area contributed by atoms with Crippen molar-refractivity contribution in [1.29, 1.82) is 0 Å². The lowest BCUT2D eigenvalue weighted by molar-refractivity contribution is 0.00687. The monoisotopic (exact) mass is 1040 g/mol. The molecule has 1 N–H and O–H groups in total. The van der Waals surface area contributed by atoms with Crippen molar-refractivity contribution in [3.05, 3.63) is 101 Å². The molecule has 11 nitrogen and oxygen atoms in total. The number of rotatable bonds is 17. The van der Waals surface area contributed by atoms with Crippen LogP contribution in [0.15, 0.2) is 78.9 Å². The molecule has 2 aromatic heterocycles. The van der Waals surface area contributed by atoms with E-state index in [0.29, 0.717) is 72.0 Å². The highest BCUT2D eigenvalue weighted by Crippen LogP contribution is 2.44. The molecule has 2 aliphatic carbocycles. The van der Waals surface area contributed by atoms with Gasteiger partial charge < -0.3 is 37.9 Å². The van der Waals surface area contributed by atoms with Gasteiger partial charge in [0.25, 0.3) is 8.32 Å². The maximum atomic E-state index is 16.4. The van der Waals surface area contributed by atoms with Crippen LogP contribution in [0.2, 0.25) is 53.9 Å². The maximum Gasteiger partial charge on any atom is 0.301 e. The molecule has 9 rings (SSSR count). The first-order valence-corrected chi connectivity index (χ1v) is 34.8. The minimum Gasteiger partial charge on any atom is -0.490 e. The average molecular weight is 1040 g/mol. The van der Waals surface area contributed by atoms with Crippen LogP contribution in [0.3, 0.4) is 0 Å². The molecule has 0 bridgehead atoms. The van der Waals surface area contributed by atoms with Crippen LogP contribution in [0, 0.1) is 5.82 Å². The number of nitrogens with zero attached hydrogens (tertiary/aromatic N) is 3. The first-order chi connectivity index (χ1) is 33.6. The molecule has 4 heterocycles. The number of hydrogen-bond acceptors (Lipinski definition) is 10. The zero-order chi connectivity index (χ0) is 50.5. The van der Waals surface area contributed by atoms with Crippen molar-refractivity contribution in [2.45, 2.75) is 178 Å². The summed E-state index contributed by atoms with van der Waals surface area (Å²) < 4.78 is 64.7. The Balaban J connectivity index is 0.882. The summed E-state index contributed by atoms with van der Waals surface area (Å²) in [6, 6.07) is 28.0. The molecule has 384 valence electrons. The maximum absolute atomic E-state index is 16.4. The highest BCUT2D eigenvalue weighted by Gasteiger charge is 2.54. The fraction of sp³-hybridized carbons (Fsp3) is 0.564. The van der Waals surface area contributed by atoms with Gasteiger partial charge in [-0.1, -0.05) is 133 Å². The highest BCUT2D eigenvalue weighted by molar-refractivity contribution is 6.99. The number of aromatic nitrogens is 3. The number of anilines is 1. The van der Waals surface area contributed by atoms with Gasteiger partial charge in [0.2, 0.25) is 0 Å². The van der Waals surface area contributed by atoms with E-state index in [1.807, 2.05) is 10.6 Å². The van der Waals surface area contributed by atoms with Crippen LogP contribution < -0.4 is 25.2 Å². The molecule has 5 atom stereocenters. The molecule has 3 fully saturated rings. The van der Waals surface area contributed by atoms with Crippen LogP contribution in [0.1, 0.15) is 90.8 Å². The molecule has 16 heteroatoms. The molecule has 0 spiro atoms. The summed E-state index contributed by atoms with van der Waals surface area (Å²) in [6.07, 6.45) is 3.75. The Morgan fingerprint density at radius 2 is 1.37 bits per heavy atom. The second-order valence-electron chi connectivity index (χ2n) is 24.0. The van der Waals surface area contributed by atoms with E-state index in [1.54, 1.807) is 12.1 Å². The minimum absolute atomic E-state index is 0.0265. The number of nitrogens with one attached hydrogen (secondary N) is 1. The van der Waals surface area contributed by atoms with Crippen molar-refractivity contribution >= 4 is 63.7 Å². The van der Waals surface area contributed by atoms with Gasteiger partial charge in [-0.15, -0.1) is 0 Å². The third kappa shape index (κ3) is 11.1. The standard InChI is InChI=1S/C55H76ClFN4O7Si3/c1-54(2,3)70(10,11)68-47-34-64-49-46(33-63-50(47)49)66-53-59-45-32-42(56)51(60-52(45)61(53)35-62-28-29-69(7,8)9)58-44-27-22-36-30-39(31-43(57)48(36)44)65-37-23-25-38(26-24-37)67-71(55(4,5)6,40-18-14-12-15-19-40)41-20-16-13-17-21-41/h12-21,30-32,37-38,44,46-47,49-50H,22-29,33-35H2,1-11H3,(H,58,60)/t37?,38?,44-,46+,47+,49+,50+/m0/s1. The van der Waals surface area contributed by atoms with Crippen molar-refractivity contribution in [2.24, 2.45) is 0 Å². The lowest BCUT2D eigenvalue weighted by Crippen LogP contribution is -2.67. The average Bonchev–Trinajstić information content (AvgIpc) is 4.09. The van der Waals surface area contributed by atoms with Crippen LogP contribution in [-0.4, -0.2) is 95.7 Å². The lowest BCUT2D eigenvalue weighted by atomic mass is 9.95. The topological polar surface area (TPSA) is 107 Å². The third-order valence-corrected chi connectivity index (χ3v) is 27.2. The summed E-state index contributed by atoms with van der Waals surface area (Å²) in [5, 5.41) is 6.43. The number of pyridine rings is 1. The van der Waals surface area contributed by atoms with E-state index >= 15 is 4.39 Å². The number of hydrogen-bond donors (Lipinski definition) is 1. The normalized spacial score (nSPS) is 24.0. The molecule has 3 aromatic carbocycles. The van der Waals surface area contributed by atoms with E-state index in [1.165, 1.54) is 10.4 Å². The highest BCUT2D eigenvalue weighted by atomic mass is 35.5. The quantitative estimate of drug-likeness (QED) is 0.0715. The molecule has 2 aliphatic heterocycles. The molecule has 4 aliphatic rings. The van der Waals surface area contributed by atoms with E-state index in [4.69, 9.17) is 54.1 Å². The molecule has 0 unspecified atom stereocenters. The van der Waals surface area contributed by atoms with Crippen LogP contribution in [0.25, 0.3) is 11.2 Å². The Bertz CT molecular complexity index is 2590. The van der Waals surface area contributed by atoms with Gasteiger partial charge in [0, 0.05) is 32.4 Å². The van der Waals surface area contributed by atoms with Crippen molar-refractivity contribution in [1.82, 2.24) is 14.5 Å². The predicted octanol–water partition coefficient (Wildman–Crippen LogP) is 11.8. The Morgan fingerprint density at radius 3 is 1.99 bits per heavy atom. The van der Waals surface area contributed by atoms with Gasteiger partial charge in [-0.2, -0.15) is 4.98 Å². The van der Waals surface area contributed by atoms with Crippen molar-refractivity contribution < 1.29 is 36.9 Å². The van der Waals surface area contributed by atoms with Crippen LogP contribution in [0.5, 0.6) is 11.8 Å². The van der Waals surface area contributed by atoms with Crippen molar-refractivity contribution in [3.8, 4) is 11.8 Å². The summed E-state index contributed by atoms with van der Waals surface area (Å²) in [7, 11) is -6.10. The minimum atomic E-state index is -2.68. The van der Waals surface area contributed by atoms with E-state index in [2.05, 4.69) is 140 Å². The van der Waals surface area contributed by atoms with Gasteiger partial charge in [0.1, 0.15) is 41.8 Å². The molecule has 0 amide bonds. The molecule has 5 aromatic rings. The van der Waals surface area contributed by atoms with Crippen molar-refractivity contribution in [2.75, 3.05) is 25.1 Å². The van der Waals surface area contributed by atoms with Crippen LogP contribution >= 0.6 is 11.6 Å². The molecular weight excluding hydrogens is 967 g/mol. The lowest BCUT2D eigenvalue weighted by Gasteiger charge is -2.46. The SMILES string of the molecule is CC(C)(C)[Si](C)(C)O[C@@H]1CO[C@H]2[C@@H]1OC[C@H]2Oc1nc2cc(Cl)c(N[C@H]3CCc4cc(OC5CCC(O[Si](c6ccccc6)(c6ccccc6)C(C)(C)C)CC5)cc(F)c43)nc2n1COCC[Si](C)(C)C. The number of fused-ring (bicyclic) bond motifs is 3. The Hall–Kier alpha value is -3.65. The number of imidazole rings is 1. The Labute approximate surface area is 429 Å². The van der Waals surface area contributed by atoms with Gasteiger partial charge in [0.05, 0.1) is 36.5 Å². The predicted molar refractivity (Wildman–Crippen MR) is 289 cm³/mol. The largest absolute Gasteiger partial charge is 0.490 e. The summed E-state index contributed by atoms with van der Waals surface area (Å²) in [6.45, 7) is 26.7. The Kier molecular flexibility index (Phi) is 15.1. The molecular formula is C55H76ClFN4O7Si3. The van der Waals surface area contributed by atoms with Crippen molar-refractivity contribution in [3.63, 3.8) is 0 Å². The van der Waals surface area contributed by atoms with Gasteiger partial charge in [-0.3, -0.25) is 4.57 Å². The number of halogens is 2. The van der Waals surface area contributed by atoms with Gasteiger partial charge in [-0.25, -0.2) is 9.37 Å². The Morgan fingerprint density at radius 1 is 0.746 bits per heavy atom. The van der Waals surface area contributed by atoms with Gasteiger partial charge in [0.15, 0.2) is 20.1 Å². The molecule has 71 heavy (non-hydrogen) atoms. The fourth-order valence-electron chi connectivity index (χ4n) is 10.6. The van der Waals surface area contributed by atoms with E-state index < -0.39 is 30.8 Å². The smallest absolute Gasteiger partial charge is 0.301 e. The summed E-state index contributed by atoms with van der Waals surface area (Å²) in [5.41, 5.74) is 2.66. The molecule has 0 radical (unpaired) electrons. The first-order valence-electron chi connectivity index (χ1n) is 25.9. The van der Waals surface area contributed by atoms with E-state index in [9.17, 15) is 0 Å². The summed E-state index contributed by atoms with van der Waals surface area (Å²) in [4.78, 5) is 9.95. The number of ether oxygens (including phenoxy) is 5. The second kappa shape index (κ2) is 20.6.